The van der Waals surface area contributed by atoms with Crippen LogP contribution in [0.15, 0.2) is 22.8 Å². The summed E-state index contributed by atoms with van der Waals surface area (Å²) in [7, 11) is 0. The molecule has 0 unspecified atom stereocenters. The highest BCUT2D eigenvalue weighted by atomic mass is 16.6. The molecule has 2 fully saturated rings. The number of fused-ring (bicyclic) bond motifs is 1. The van der Waals surface area contributed by atoms with Gasteiger partial charge in [0.2, 0.25) is 0 Å². The van der Waals surface area contributed by atoms with Gasteiger partial charge in [0.25, 0.3) is 0 Å². The summed E-state index contributed by atoms with van der Waals surface area (Å²) < 4.78 is 11.6. The molecule has 0 heterocycles. The van der Waals surface area contributed by atoms with E-state index >= 15 is 0 Å². The van der Waals surface area contributed by atoms with E-state index in [2.05, 4.69) is 6.92 Å². The number of carbonyl (C=O) groups is 3. The number of allylic oxidation sites excluding steroid dienone is 3. The van der Waals surface area contributed by atoms with E-state index < -0.39 is 17.7 Å². The zero-order valence-corrected chi connectivity index (χ0v) is 17.6. The SMILES string of the molecule is C/C=C(/C)C(=O)O[C@H]1CC[C@]2(C)CC(=O)C(=C(C)C)C[C@H]2[C@]1(C)OC(C)=O. The Hall–Kier alpha value is -1.91. The Kier molecular flexibility index (Phi) is 6.03. The second-order valence-electron chi connectivity index (χ2n) is 8.67. The molecule has 0 amide bonds. The molecule has 150 valence electrons. The molecule has 0 aliphatic heterocycles. The monoisotopic (exact) mass is 376 g/mol. The van der Waals surface area contributed by atoms with Gasteiger partial charge in [-0.2, -0.15) is 0 Å². The van der Waals surface area contributed by atoms with Crippen molar-refractivity contribution in [1.29, 1.82) is 0 Å². The van der Waals surface area contributed by atoms with E-state index in [1.54, 1.807) is 19.9 Å². The first-order valence-electron chi connectivity index (χ1n) is 9.67. The van der Waals surface area contributed by atoms with Crippen molar-refractivity contribution >= 4 is 17.7 Å². The minimum Gasteiger partial charge on any atom is -0.455 e. The van der Waals surface area contributed by atoms with Gasteiger partial charge in [-0.25, -0.2) is 4.79 Å². The van der Waals surface area contributed by atoms with Crippen LogP contribution in [0.1, 0.15) is 74.1 Å². The fourth-order valence-electron chi connectivity index (χ4n) is 4.74. The highest BCUT2D eigenvalue weighted by Crippen LogP contribution is 2.56. The summed E-state index contributed by atoms with van der Waals surface area (Å²) in [4.78, 5) is 37.0. The zero-order chi connectivity index (χ0) is 20.6. The fraction of sp³-hybridized carbons (Fsp3) is 0.682. The van der Waals surface area contributed by atoms with Crippen LogP contribution in [0.5, 0.6) is 0 Å². The molecule has 0 spiro atoms. The van der Waals surface area contributed by atoms with Gasteiger partial charge >= 0.3 is 11.9 Å². The predicted molar refractivity (Wildman–Crippen MR) is 103 cm³/mol. The average molecular weight is 376 g/mol. The van der Waals surface area contributed by atoms with Crippen LogP contribution in [-0.4, -0.2) is 29.4 Å². The topological polar surface area (TPSA) is 69.7 Å². The van der Waals surface area contributed by atoms with E-state index in [0.29, 0.717) is 24.8 Å². The van der Waals surface area contributed by atoms with Crippen molar-refractivity contribution in [1.82, 2.24) is 0 Å². The van der Waals surface area contributed by atoms with Gasteiger partial charge in [0, 0.05) is 24.8 Å². The van der Waals surface area contributed by atoms with Crippen LogP contribution >= 0.6 is 0 Å². The third kappa shape index (κ3) is 4.02. The maximum atomic E-state index is 12.7. The number of rotatable bonds is 3. The van der Waals surface area contributed by atoms with Crippen LogP contribution in [0.3, 0.4) is 0 Å². The summed E-state index contributed by atoms with van der Waals surface area (Å²) in [6.45, 7) is 12.7. The lowest BCUT2D eigenvalue weighted by Crippen LogP contribution is -2.61. The molecule has 27 heavy (non-hydrogen) atoms. The Labute approximate surface area is 162 Å². The van der Waals surface area contributed by atoms with Gasteiger partial charge < -0.3 is 9.47 Å². The van der Waals surface area contributed by atoms with Gasteiger partial charge in [-0.1, -0.05) is 18.6 Å². The molecule has 2 aliphatic carbocycles. The van der Waals surface area contributed by atoms with E-state index in [4.69, 9.17) is 9.47 Å². The van der Waals surface area contributed by atoms with E-state index in [-0.39, 0.29) is 23.1 Å². The van der Waals surface area contributed by atoms with E-state index in [9.17, 15) is 14.4 Å². The Morgan fingerprint density at radius 1 is 1.15 bits per heavy atom. The smallest absolute Gasteiger partial charge is 0.333 e. The number of Topliss-reactive ketones (excluding diaryl/α,β-unsaturated/α-hetero) is 1. The van der Waals surface area contributed by atoms with Crippen molar-refractivity contribution in [3.05, 3.63) is 22.8 Å². The minimum atomic E-state index is -0.968. The van der Waals surface area contributed by atoms with Gasteiger partial charge in [-0.3, -0.25) is 9.59 Å². The minimum absolute atomic E-state index is 0.0889. The summed E-state index contributed by atoms with van der Waals surface area (Å²) in [6, 6.07) is 0. The third-order valence-corrected chi connectivity index (χ3v) is 6.43. The zero-order valence-electron chi connectivity index (χ0n) is 17.6. The Morgan fingerprint density at radius 3 is 2.30 bits per heavy atom. The van der Waals surface area contributed by atoms with Crippen LogP contribution in [0.2, 0.25) is 0 Å². The van der Waals surface area contributed by atoms with Crippen LogP contribution in [0.4, 0.5) is 0 Å². The van der Waals surface area contributed by atoms with Crippen molar-refractivity contribution in [2.45, 2.75) is 85.9 Å². The first-order chi connectivity index (χ1) is 12.4. The molecule has 2 rings (SSSR count). The first-order valence-corrected chi connectivity index (χ1v) is 9.67. The molecule has 0 aromatic carbocycles. The van der Waals surface area contributed by atoms with Crippen LogP contribution in [-0.2, 0) is 23.9 Å². The summed E-state index contributed by atoms with van der Waals surface area (Å²) in [5.74, 6) is -0.701. The maximum Gasteiger partial charge on any atom is 0.333 e. The molecule has 4 atom stereocenters. The van der Waals surface area contributed by atoms with E-state index in [1.807, 2.05) is 20.8 Å². The molecule has 2 aliphatic rings. The van der Waals surface area contributed by atoms with Gasteiger partial charge in [-0.15, -0.1) is 0 Å². The third-order valence-electron chi connectivity index (χ3n) is 6.43. The van der Waals surface area contributed by atoms with Gasteiger partial charge in [0.05, 0.1) is 0 Å². The van der Waals surface area contributed by atoms with E-state index in [1.165, 1.54) is 6.92 Å². The molecule has 5 nitrogen and oxygen atoms in total. The standard InChI is InChI=1S/C22H32O5/c1-8-14(4)20(25)26-19-9-10-21(6)12-17(24)16(13(2)3)11-18(21)22(19,7)27-15(5)23/h8,18-19H,9-12H2,1-7H3/b14-8-/t18-,19+,21-,22+/m1/s1. The Bertz CT molecular complexity index is 712. The van der Waals surface area contributed by atoms with Gasteiger partial charge in [-0.05, 0) is 64.9 Å². The van der Waals surface area contributed by atoms with Crippen molar-refractivity contribution in [2.75, 3.05) is 0 Å². The largest absolute Gasteiger partial charge is 0.455 e. The lowest BCUT2D eigenvalue weighted by atomic mass is 9.53. The van der Waals surface area contributed by atoms with Crippen molar-refractivity contribution in [2.24, 2.45) is 11.3 Å². The number of hydrogen-bond acceptors (Lipinski definition) is 5. The highest BCUT2D eigenvalue weighted by molar-refractivity contribution is 5.97. The number of ketones is 1. The van der Waals surface area contributed by atoms with Crippen LogP contribution in [0, 0.1) is 11.3 Å². The summed E-state index contributed by atoms with van der Waals surface area (Å²) in [6.07, 6.45) is 3.47. The quantitative estimate of drug-likeness (QED) is 0.542. The normalized spacial score (nSPS) is 34.0. The molecule has 2 saturated carbocycles. The number of esters is 2. The van der Waals surface area contributed by atoms with E-state index in [0.717, 1.165) is 17.6 Å². The highest BCUT2D eigenvalue weighted by Gasteiger charge is 2.60. The molecular formula is C22H32O5. The van der Waals surface area contributed by atoms with Crippen LogP contribution in [0.25, 0.3) is 0 Å². The molecule has 0 saturated heterocycles. The fourth-order valence-corrected chi connectivity index (χ4v) is 4.74. The summed E-state index contributed by atoms with van der Waals surface area (Å²) in [5, 5.41) is 0. The van der Waals surface area contributed by atoms with Crippen LogP contribution < -0.4 is 0 Å². The second-order valence-corrected chi connectivity index (χ2v) is 8.67. The molecule has 0 aromatic heterocycles. The number of carbonyl (C=O) groups excluding carboxylic acids is 3. The second kappa shape index (κ2) is 7.61. The lowest BCUT2D eigenvalue weighted by molar-refractivity contribution is -0.216. The van der Waals surface area contributed by atoms with Gasteiger partial charge in [0.1, 0.15) is 11.7 Å². The van der Waals surface area contributed by atoms with Crippen molar-refractivity contribution in [3.8, 4) is 0 Å². The summed E-state index contributed by atoms with van der Waals surface area (Å²) in [5.41, 5.74) is 1.09. The molecular weight excluding hydrogens is 344 g/mol. The predicted octanol–water partition coefficient (Wildman–Crippen LogP) is 4.30. The summed E-state index contributed by atoms with van der Waals surface area (Å²) >= 11 is 0. The average Bonchev–Trinajstić information content (AvgIpc) is 2.55. The first kappa shape index (κ1) is 21.4. The number of ether oxygens (including phenoxy) is 2. The Morgan fingerprint density at radius 2 is 1.78 bits per heavy atom. The van der Waals surface area contributed by atoms with Crippen molar-refractivity contribution < 1.29 is 23.9 Å². The molecule has 5 heteroatoms. The lowest BCUT2D eigenvalue weighted by Gasteiger charge is -2.56. The number of hydrogen-bond donors (Lipinski definition) is 0. The molecule has 0 radical (unpaired) electrons. The molecule has 0 bridgehead atoms. The molecule has 0 aromatic rings. The maximum absolute atomic E-state index is 12.7. The Balaban J connectivity index is 2.46. The van der Waals surface area contributed by atoms with Gasteiger partial charge in [0.15, 0.2) is 5.78 Å². The molecule has 0 N–H and O–H groups in total. The van der Waals surface area contributed by atoms with Crippen molar-refractivity contribution in [3.63, 3.8) is 0 Å².